The Morgan fingerprint density at radius 2 is 1.89 bits per heavy atom. The molecule has 3 atom stereocenters. The minimum Gasteiger partial charge on any atom is -0.393 e. The van der Waals surface area contributed by atoms with Gasteiger partial charge in [0.25, 0.3) is 0 Å². The third-order valence-corrected chi connectivity index (χ3v) is 4.40. The molecule has 0 saturated heterocycles. The van der Waals surface area contributed by atoms with Crippen LogP contribution in [0.25, 0.3) is 0 Å². The van der Waals surface area contributed by atoms with E-state index in [0.29, 0.717) is 12.0 Å². The average Bonchev–Trinajstić information content (AvgIpc) is 2.31. The third kappa shape index (κ3) is 6.24. The second kappa shape index (κ2) is 8.23. The monoisotopic (exact) mass is 271 g/mol. The number of nitrogens with zero attached hydrogens (tertiary/aromatic N) is 1. The molecule has 3 nitrogen and oxygen atoms in total. The number of rotatable bonds is 7. The van der Waals surface area contributed by atoms with E-state index in [9.17, 15) is 5.11 Å². The van der Waals surface area contributed by atoms with E-state index in [0.717, 1.165) is 38.0 Å². The molecule has 0 radical (unpaired) electrons. The molecule has 0 bridgehead atoms. The predicted molar refractivity (Wildman–Crippen MR) is 80.3 cm³/mol. The molecule has 0 amide bonds. The lowest BCUT2D eigenvalue weighted by atomic mass is 9.74. The molecule has 1 rings (SSSR count). The Balaban J connectivity index is 2.32. The van der Waals surface area contributed by atoms with Crippen molar-refractivity contribution in [2.75, 3.05) is 26.7 Å². The normalized spacial score (nSPS) is 28.6. The fourth-order valence-corrected chi connectivity index (χ4v) is 3.02. The molecule has 1 N–H and O–H groups in total. The second-order valence-electron chi connectivity index (χ2n) is 6.83. The smallest absolute Gasteiger partial charge is 0.0596 e. The maximum atomic E-state index is 10.2. The molecule has 1 fully saturated rings. The quantitative estimate of drug-likeness (QED) is 0.773. The summed E-state index contributed by atoms with van der Waals surface area (Å²) < 4.78 is 5.58. The Morgan fingerprint density at radius 1 is 1.21 bits per heavy atom. The summed E-state index contributed by atoms with van der Waals surface area (Å²) in [5, 5.41) is 10.2. The summed E-state index contributed by atoms with van der Waals surface area (Å²) in [4.78, 5) is 2.30. The Kier molecular flexibility index (Phi) is 7.33. The summed E-state index contributed by atoms with van der Waals surface area (Å²) in [7, 11) is 2.13. The molecule has 19 heavy (non-hydrogen) atoms. The van der Waals surface area contributed by atoms with E-state index >= 15 is 0 Å². The summed E-state index contributed by atoms with van der Waals surface area (Å²) in [6.45, 7) is 11.5. The largest absolute Gasteiger partial charge is 0.393 e. The summed E-state index contributed by atoms with van der Waals surface area (Å²) in [5.41, 5.74) is 0. The van der Waals surface area contributed by atoms with Crippen molar-refractivity contribution < 1.29 is 9.84 Å². The highest BCUT2D eigenvalue weighted by Crippen LogP contribution is 2.34. The van der Waals surface area contributed by atoms with Gasteiger partial charge in [-0.15, -0.1) is 0 Å². The highest BCUT2D eigenvalue weighted by Gasteiger charge is 2.31. The van der Waals surface area contributed by atoms with Crippen LogP contribution in [0.4, 0.5) is 0 Å². The van der Waals surface area contributed by atoms with Gasteiger partial charge in [0, 0.05) is 13.1 Å². The first kappa shape index (κ1) is 16.9. The van der Waals surface area contributed by atoms with E-state index in [1.807, 2.05) is 0 Å². The van der Waals surface area contributed by atoms with Crippen LogP contribution in [0.15, 0.2) is 0 Å². The van der Waals surface area contributed by atoms with Gasteiger partial charge < -0.3 is 14.7 Å². The number of hydrogen-bond donors (Lipinski definition) is 1. The van der Waals surface area contributed by atoms with Crippen molar-refractivity contribution >= 4 is 0 Å². The first-order valence-electron chi connectivity index (χ1n) is 7.88. The SMILES string of the molecule is CC(C)OCCN(C)CC1CC(C(C)C)CCC1O. The Labute approximate surface area is 119 Å². The topological polar surface area (TPSA) is 32.7 Å². The zero-order chi connectivity index (χ0) is 14.4. The molecular weight excluding hydrogens is 238 g/mol. The van der Waals surface area contributed by atoms with Crippen molar-refractivity contribution in [3.63, 3.8) is 0 Å². The van der Waals surface area contributed by atoms with E-state index in [1.54, 1.807) is 0 Å². The lowest BCUT2D eigenvalue weighted by molar-refractivity contribution is 0.0129. The summed E-state index contributed by atoms with van der Waals surface area (Å²) in [5.74, 6) is 1.96. The number of hydrogen-bond acceptors (Lipinski definition) is 3. The van der Waals surface area contributed by atoms with Crippen molar-refractivity contribution in [3.8, 4) is 0 Å². The van der Waals surface area contributed by atoms with Crippen LogP contribution in [-0.2, 0) is 4.74 Å². The van der Waals surface area contributed by atoms with Crippen LogP contribution in [0, 0.1) is 17.8 Å². The van der Waals surface area contributed by atoms with Gasteiger partial charge in [0.2, 0.25) is 0 Å². The lowest BCUT2D eigenvalue weighted by Crippen LogP contribution is -2.39. The van der Waals surface area contributed by atoms with Gasteiger partial charge in [-0.25, -0.2) is 0 Å². The van der Waals surface area contributed by atoms with Crippen molar-refractivity contribution in [1.82, 2.24) is 4.90 Å². The summed E-state index contributed by atoms with van der Waals surface area (Å²) in [6.07, 6.45) is 3.54. The molecule has 3 unspecified atom stereocenters. The van der Waals surface area contributed by atoms with Gasteiger partial charge in [0.15, 0.2) is 0 Å². The highest BCUT2D eigenvalue weighted by atomic mass is 16.5. The van der Waals surface area contributed by atoms with Crippen molar-refractivity contribution in [1.29, 1.82) is 0 Å². The van der Waals surface area contributed by atoms with Gasteiger partial charge in [-0.05, 0) is 57.9 Å². The molecule has 1 aliphatic carbocycles. The van der Waals surface area contributed by atoms with Crippen LogP contribution in [-0.4, -0.2) is 49.0 Å². The molecule has 0 aromatic heterocycles. The molecule has 1 saturated carbocycles. The molecule has 1 aliphatic rings. The van der Waals surface area contributed by atoms with Crippen LogP contribution < -0.4 is 0 Å². The number of aliphatic hydroxyl groups excluding tert-OH is 1. The molecule has 0 aromatic carbocycles. The first-order chi connectivity index (χ1) is 8.90. The van der Waals surface area contributed by atoms with Crippen LogP contribution in [0.1, 0.15) is 47.0 Å². The molecule has 114 valence electrons. The average molecular weight is 271 g/mol. The van der Waals surface area contributed by atoms with Gasteiger partial charge in [0.05, 0.1) is 18.8 Å². The lowest BCUT2D eigenvalue weighted by Gasteiger charge is -2.37. The van der Waals surface area contributed by atoms with Crippen molar-refractivity contribution in [2.24, 2.45) is 17.8 Å². The fourth-order valence-electron chi connectivity index (χ4n) is 3.02. The van der Waals surface area contributed by atoms with Gasteiger partial charge in [0.1, 0.15) is 0 Å². The second-order valence-corrected chi connectivity index (χ2v) is 6.83. The van der Waals surface area contributed by atoms with E-state index in [2.05, 4.69) is 39.6 Å². The standard InChI is InChI=1S/C16H33NO2/c1-12(2)14-6-7-16(18)15(10-14)11-17(5)8-9-19-13(3)4/h12-16,18H,6-11H2,1-5H3. The van der Waals surface area contributed by atoms with Crippen LogP contribution in [0.5, 0.6) is 0 Å². The van der Waals surface area contributed by atoms with Crippen molar-refractivity contribution in [2.45, 2.75) is 59.2 Å². The Hall–Kier alpha value is -0.120. The minimum absolute atomic E-state index is 0.108. The Bertz CT molecular complexity index is 243. The van der Waals surface area contributed by atoms with Crippen LogP contribution in [0.2, 0.25) is 0 Å². The zero-order valence-electron chi connectivity index (χ0n) is 13.4. The Morgan fingerprint density at radius 3 is 2.47 bits per heavy atom. The molecule has 3 heteroatoms. The van der Waals surface area contributed by atoms with Gasteiger partial charge in [-0.2, -0.15) is 0 Å². The van der Waals surface area contributed by atoms with E-state index in [-0.39, 0.29) is 6.10 Å². The maximum Gasteiger partial charge on any atom is 0.0596 e. The molecule has 0 spiro atoms. The maximum absolute atomic E-state index is 10.2. The van der Waals surface area contributed by atoms with Gasteiger partial charge in [-0.3, -0.25) is 0 Å². The van der Waals surface area contributed by atoms with Crippen LogP contribution in [0.3, 0.4) is 0 Å². The van der Waals surface area contributed by atoms with Crippen molar-refractivity contribution in [3.05, 3.63) is 0 Å². The number of aliphatic hydroxyl groups is 1. The summed E-state index contributed by atoms with van der Waals surface area (Å²) >= 11 is 0. The van der Waals surface area contributed by atoms with E-state index in [1.165, 1.54) is 12.8 Å². The molecular formula is C16H33NO2. The first-order valence-corrected chi connectivity index (χ1v) is 7.88. The molecule has 0 aromatic rings. The molecule has 0 heterocycles. The number of ether oxygens (including phenoxy) is 1. The highest BCUT2D eigenvalue weighted by molar-refractivity contribution is 4.82. The third-order valence-electron chi connectivity index (χ3n) is 4.40. The van der Waals surface area contributed by atoms with Gasteiger partial charge in [-0.1, -0.05) is 13.8 Å². The van der Waals surface area contributed by atoms with E-state index in [4.69, 9.17) is 4.74 Å². The predicted octanol–water partition coefficient (Wildman–Crippen LogP) is 2.78. The molecule has 0 aliphatic heterocycles. The van der Waals surface area contributed by atoms with Crippen LogP contribution >= 0.6 is 0 Å². The fraction of sp³-hybridized carbons (Fsp3) is 1.00. The summed E-state index contributed by atoms with van der Waals surface area (Å²) in [6, 6.07) is 0. The minimum atomic E-state index is -0.108. The number of likely N-dealkylation sites (N-methyl/N-ethyl adjacent to an activating group) is 1. The van der Waals surface area contributed by atoms with E-state index < -0.39 is 0 Å². The van der Waals surface area contributed by atoms with Gasteiger partial charge >= 0.3 is 0 Å². The zero-order valence-corrected chi connectivity index (χ0v) is 13.4.